The van der Waals surface area contributed by atoms with Crippen molar-refractivity contribution in [3.05, 3.63) is 76.9 Å². The lowest BCUT2D eigenvalue weighted by molar-refractivity contribution is -0.388. The Kier molecular flexibility index (Phi) is 4.10. The molecular weight excluding hydrogens is 350 g/mol. The molecule has 0 aliphatic rings. The zero-order chi connectivity index (χ0) is 18.1. The van der Waals surface area contributed by atoms with E-state index in [1.54, 1.807) is 10.9 Å². The van der Waals surface area contributed by atoms with Crippen LogP contribution in [0.3, 0.4) is 0 Å². The Morgan fingerprint density at radius 2 is 1.81 bits per heavy atom. The molecule has 0 saturated heterocycles. The number of aromatic nitrogens is 4. The van der Waals surface area contributed by atoms with Crippen LogP contribution in [0.4, 0.5) is 5.69 Å². The standard InChI is InChI=1S/C18H13N5O2S/c1-12-6-8-13(9-7-12)26-18-16(23(24)25)17(19-10-20-18)22-11-21-14-4-2-3-5-15(14)22/h2-11H,1H3. The molecule has 128 valence electrons. The van der Waals surface area contributed by atoms with E-state index in [1.165, 1.54) is 18.1 Å². The van der Waals surface area contributed by atoms with Crippen LogP contribution in [0.25, 0.3) is 16.9 Å². The number of rotatable bonds is 4. The molecule has 26 heavy (non-hydrogen) atoms. The Morgan fingerprint density at radius 3 is 2.58 bits per heavy atom. The van der Waals surface area contributed by atoms with Gasteiger partial charge in [0.15, 0.2) is 5.03 Å². The third-order valence-corrected chi connectivity index (χ3v) is 4.87. The van der Waals surface area contributed by atoms with Crippen molar-refractivity contribution in [1.29, 1.82) is 0 Å². The van der Waals surface area contributed by atoms with Gasteiger partial charge in [-0.2, -0.15) is 0 Å². The minimum absolute atomic E-state index is 0.138. The van der Waals surface area contributed by atoms with Crippen molar-refractivity contribution in [2.75, 3.05) is 0 Å². The first kappa shape index (κ1) is 16.2. The van der Waals surface area contributed by atoms with Crippen LogP contribution < -0.4 is 0 Å². The van der Waals surface area contributed by atoms with Crippen molar-refractivity contribution in [1.82, 2.24) is 19.5 Å². The molecule has 0 amide bonds. The molecule has 8 heteroatoms. The SMILES string of the molecule is Cc1ccc(Sc2ncnc(-n3cnc4ccccc43)c2[N+](=O)[O-])cc1. The van der Waals surface area contributed by atoms with Crippen molar-refractivity contribution < 1.29 is 4.92 Å². The fraction of sp³-hybridized carbons (Fsp3) is 0.0556. The monoisotopic (exact) mass is 363 g/mol. The molecule has 7 nitrogen and oxygen atoms in total. The molecule has 0 bridgehead atoms. The van der Waals surface area contributed by atoms with Gasteiger partial charge in [-0.05, 0) is 31.2 Å². The number of aryl methyl sites for hydroxylation is 1. The molecule has 0 radical (unpaired) electrons. The van der Waals surface area contributed by atoms with Gasteiger partial charge in [-0.15, -0.1) is 0 Å². The van der Waals surface area contributed by atoms with Gasteiger partial charge in [0, 0.05) is 4.90 Å². The van der Waals surface area contributed by atoms with Crippen LogP contribution in [-0.4, -0.2) is 24.4 Å². The number of hydrogen-bond donors (Lipinski definition) is 0. The molecular formula is C18H13N5O2S. The summed E-state index contributed by atoms with van der Waals surface area (Å²) < 4.78 is 1.62. The van der Waals surface area contributed by atoms with Gasteiger partial charge in [0.2, 0.25) is 5.82 Å². The topological polar surface area (TPSA) is 86.7 Å². The molecule has 4 rings (SSSR count). The molecule has 0 N–H and O–H groups in total. The maximum Gasteiger partial charge on any atom is 0.344 e. The summed E-state index contributed by atoms with van der Waals surface area (Å²) in [5.41, 5.74) is 2.48. The van der Waals surface area contributed by atoms with Crippen LogP contribution in [0.2, 0.25) is 0 Å². The van der Waals surface area contributed by atoms with Crippen LogP contribution >= 0.6 is 11.8 Å². The second kappa shape index (κ2) is 6.57. The fourth-order valence-electron chi connectivity index (χ4n) is 2.61. The van der Waals surface area contributed by atoms with Gasteiger partial charge in [0.1, 0.15) is 12.7 Å². The first-order valence-corrected chi connectivity index (χ1v) is 8.61. The van der Waals surface area contributed by atoms with Gasteiger partial charge < -0.3 is 0 Å². The molecule has 0 saturated carbocycles. The second-order valence-corrected chi connectivity index (χ2v) is 6.69. The molecule has 2 aromatic heterocycles. The van der Waals surface area contributed by atoms with E-state index in [-0.39, 0.29) is 11.5 Å². The van der Waals surface area contributed by atoms with E-state index in [4.69, 9.17) is 0 Å². The number of fused-ring (bicyclic) bond motifs is 1. The van der Waals surface area contributed by atoms with Gasteiger partial charge in [0.25, 0.3) is 0 Å². The highest BCUT2D eigenvalue weighted by Gasteiger charge is 2.25. The largest absolute Gasteiger partial charge is 0.344 e. The number of para-hydroxylation sites is 2. The molecule has 0 aliphatic heterocycles. The number of benzene rings is 2. The summed E-state index contributed by atoms with van der Waals surface area (Å²) in [6.45, 7) is 1.99. The molecule has 0 fully saturated rings. The Balaban J connectivity index is 1.86. The van der Waals surface area contributed by atoms with Crippen LogP contribution in [0.5, 0.6) is 0 Å². The smallest absolute Gasteiger partial charge is 0.277 e. The summed E-state index contributed by atoms with van der Waals surface area (Å²) in [5, 5.41) is 12.1. The highest BCUT2D eigenvalue weighted by Crippen LogP contribution is 2.36. The van der Waals surface area contributed by atoms with Crippen molar-refractivity contribution >= 4 is 28.5 Å². The highest BCUT2D eigenvalue weighted by molar-refractivity contribution is 7.99. The first-order chi connectivity index (χ1) is 12.6. The van der Waals surface area contributed by atoms with Crippen molar-refractivity contribution in [2.45, 2.75) is 16.8 Å². The number of hydrogen-bond acceptors (Lipinski definition) is 6. The predicted octanol–water partition coefficient (Wildman–Crippen LogP) is 4.18. The van der Waals surface area contributed by atoms with Crippen molar-refractivity contribution in [2.24, 2.45) is 0 Å². The Labute approximate surface area is 152 Å². The molecule has 2 heterocycles. The number of nitrogens with zero attached hydrogens (tertiary/aromatic N) is 5. The van der Waals surface area contributed by atoms with Crippen LogP contribution in [0.1, 0.15) is 5.56 Å². The van der Waals surface area contributed by atoms with Gasteiger partial charge in [-0.25, -0.2) is 15.0 Å². The molecule has 0 spiro atoms. The van der Waals surface area contributed by atoms with E-state index in [0.717, 1.165) is 21.5 Å². The maximum atomic E-state index is 11.8. The van der Waals surface area contributed by atoms with Crippen molar-refractivity contribution in [3.63, 3.8) is 0 Å². The molecule has 0 aliphatic carbocycles. The van der Waals surface area contributed by atoms with E-state index in [0.29, 0.717) is 5.03 Å². The number of nitro groups is 1. The maximum absolute atomic E-state index is 11.8. The van der Waals surface area contributed by atoms with Gasteiger partial charge >= 0.3 is 5.69 Å². The molecule has 2 aromatic carbocycles. The average molecular weight is 363 g/mol. The van der Waals surface area contributed by atoms with Gasteiger partial charge in [0.05, 0.1) is 16.0 Å². The normalized spacial score (nSPS) is 11.0. The minimum Gasteiger partial charge on any atom is -0.277 e. The average Bonchev–Trinajstić information content (AvgIpc) is 3.07. The van der Waals surface area contributed by atoms with E-state index in [1.807, 2.05) is 55.5 Å². The predicted molar refractivity (Wildman–Crippen MR) is 98.6 cm³/mol. The van der Waals surface area contributed by atoms with E-state index in [9.17, 15) is 10.1 Å². The highest BCUT2D eigenvalue weighted by atomic mass is 32.2. The third-order valence-electron chi connectivity index (χ3n) is 3.87. The Bertz CT molecular complexity index is 1110. The fourth-order valence-corrected chi connectivity index (χ4v) is 3.47. The third kappa shape index (κ3) is 2.91. The number of imidazole rings is 1. The quantitative estimate of drug-likeness (QED) is 0.307. The minimum atomic E-state index is -0.444. The van der Waals surface area contributed by atoms with Crippen LogP contribution in [-0.2, 0) is 0 Å². The first-order valence-electron chi connectivity index (χ1n) is 7.80. The van der Waals surface area contributed by atoms with E-state index in [2.05, 4.69) is 15.0 Å². The summed E-state index contributed by atoms with van der Waals surface area (Å²) in [5.74, 6) is 0.202. The Morgan fingerprint density at radius 1 is 1.04 bits per heavy atom. The lowest BCUT2D eigenvalue weighted by Gasteiger charge is -2.07. The van der Waals surface area contributed by atoms with Crippen LogP contribution in [0.15, 0.2) is 71.1 Å². The van der Waals surface area contributed by atoms with Crippen LogP contribution in [0, 0.1) is 17.0 Å². The lowest BCUT2D eigenvalue weighted by Crippen LogP contribution is -2.05. The zero-order valence-corrected chi connectivity index (χ0v) is 14.6. The van der Waals surface area contributed by atoms with Gasteiger partial charge in [-0.3, -0.25) is 14.7 Å². The van der Waals surface area contributed by atoms with Gasteiger partial charge in [-0.1, -0.05) is 41.6 Å². The summed E-state index contributed by atoms with van der Waals surface area (Å²) in [7, 11) is 0. The lowest BCUT2D eigenvalue weighted by atomic mass is 10.2. The summed E-state index contributed by atoms with van der Waals surface area (Å²) in [6, 6.07) is 15.2. The summed E-state index contributed by atoms with van der Waals surface area (Å²) >= 11 is 1.24. The van der Waals surface area contributed by atoms with E-state index < -0.39 is 4.92 Å². The zero-order valence-electron chi connectivity index (χ0n) is 13.7. The molecule has 0 unspecified atom stereocenters. The van der Waals surface area contributed by atoms with Crippen molar-refractivity contribution in [3.8, 4) is 5.82 Å². The van der Waals surface area contributed by atoms with E-state index >= 15 is 0 Å². The molecule has 4 aromatic rings. The summed E-state index contributed by atoms with van der Waals surface area (Å²) in [6.07, 6.45) is 2.88. The Hall–Kier alpha value is -3.26. The molecule has 0 atom stereocenters. The summed E-state index contributed by atoms with van der Waals surface area (Å²) in [4.78, 5) is 24.8. The second-order valence-electron chi connectivity index (χ2n) is 5.63.